The van der Waals surface area contributed by atoms with Crippen molar-refractivity contribution < 1.29 is 9.53 Å². The van der Waals surface area contributed by atoms with E-state index in [2.05, 4.69) is 10.5 Å². The maximum atomic E-state index is 11.6. The number of nitrogens with one attached hydrogen (secondary N) is 1. The first-order valence-electron chi connectivity index (χ1n) is 5.79. The first-order chi connectivity index (χ1) is 9.08. The number of carbonyl (C=O) groups is 1. The van der Waals surface area contributed by atoms with E-state index in [0.717, 1.165) is 11.3 Å². The number of nitrogen functional groups attached to an aromatic ring is 1. The second kappa shape index (κ2) is 5.11. The average molecular weight is 260 g/mol. The number of rotatable bonds is 3. The first-order valence-corrected chi connectivity index (χ1v) is 5.79. The number of hydrogen-bond donors (Lipinski definition) is 2. The van der Waals surface area contributed by atoms with Gasteiger partial charge in [-0.1, -0.05) is 6.07 Å². The standard InChI is InChI=1S/C13H16N4O2/c1-8-4-5-12(19-3)11(6-8)17-9(2)10(7-15-17)13(18)16-14/h4-7H,14H2,1-3H3,(H,16,18). The van der Waals surface area contributed by atoms with Crippen molar-refractivity contribution in [3.8, 4) is 11.4 Å². The lowest BCUT2D eigenvalue weighted by atomic mass is 10.2. The van der Waals surface area contributed by atoms with Gasteiger partial charge in [0.25, 0.3) is 5.91 Å². The van der Waals surface area contributed by atoms with Crippen molar-refractivity contribution in [2.24, 2.45) is 5.84 Å². The Morgan fingerprint density at radius 2 is 2.16 bits per heavy atom. The quantitative estimate of drug-likeness (QED) is 0.492. The normalized spacial score (nSPS) is 10.3. The summed E-state index contributed by atoms with van der Waals surface area (Å²) < 4.78 is 6.98. The Labute approximate surface area is 111 Å². The number of benzene rings is 1. The third-order valence-electron chi connectivity index (χ3n) is 2.95. The molecule has 1 aromatic heterocycles. The predicted molar refractivity (Wildman–Crippen MR) is 71.2 cm³/mol. The van der Waals surface area contributed by atoms with Gasteiger partial charge in [-0.05, 0) is 31.5 Å². The molecule has 1 heterocycles. The highest BCUT2D eigenvalue weighted by atomic mass is 16.5. The van der Waals surface area contributed by atoms with Gasteiger partial charge in [-0.2, -0.15) is 5.10 Å². The maximum absolute atomic E-state index is 11.6. The van der Waals surface area contributed by atoms with Crippen LogP contribution >= 0.6 is 0 Å². The molecule has 6 nitrogen and oxygen atoms in total. The van der Waals surface area contributed by atoms with E-state index in [1.165, 1.54) is 6.20 Å². The molecule has 0 atom stereocenters. The van der Waals surface area contributed by atoms with E-state index in [9.17, 15) is 4.79 Å². The monoisotopic (exact) mass is 260 g/mol. The SMILES string of the molecule is COc1ccc(C)cc1-n1ncc(C(=O)NN)c1C. The lowest BCUT2D eigenvalue weighted by Gasteiger charge is -2.11. The number of amides is 1. The van der Waals surface area contributed by atoms with Crippen LogP contribution in [0.3, 0.4) is 0 Å². The average Bonchev–Trinajstić information content (AvgIpc) is 2.79. The zero-order valence-corrected chi connectivity index (χ0v) is 11.1. The van der Waals surface area contributed by atoms with Gasteiger partial charge in [-0.3, -0.25) is 10.2 Å². The van der Waals surface area contributed by atoms with Crippen molar-refractivity contribution in [1.29, 1.82) is 0 Å². The molecule has 2 aromatic rings. The Bertz CT molecular complexity index is 619. The molecule has 3 N–H and O–H groups in total. The number of ether oxygens (including phenoxy) is 1. The number of hydrogen-bond acceptors (Lipinski definition) is 4. The molecule has 19 heavy (non-hydrogen) atoms. The molecular weight excluding hydrogens is 244 g/mol. The molecule has 6 heteroatoms. The van der Waals surface area contributed by atoms with Gasteiger partial charge < -0.3 is 4.74 Å². The lowest BCUT2D eigenvalue weighted by Crippen LogP contribution is -2.30. The highest BCUT2D eigenvalue weighted by Crippen LogP contribution is 2.25. The van der Waals surface area contributed by atoms with E-state index in [4.69, 9.17) is 10.6 Å². The maximum Gasteiger partial charge on any atom is 0.268 e. The van der Waals surface area contributed by atoms with Crippen molar-refractivity contribution in [3.05, 3.63) is 41.2 Å². The molecule has 0 saturated heterocycles. The molecule has 0 fully saturated rings. The molecular formula is C13H16N4O2. The zero-order chi connectivity index (χ0) is 14.0. The summed E-state index contributed by atoms with van der Waals surface area (Å²) in [5.74, 6) is 5.47. The van der Waals surface area contributed by atoms with Crippen LogP contribution in [0.25, 0.3) is 5.69 Å². The van der Waals surface area contributed by atoms with Gasteiger partial charge in [0.1, 0.15) is 11.4 Å². The fourth-order valence-corrected chi connectivity index (χ4v) is 1.92. The third-order valence-corrected chi connectivity index (χ3v) is 2.95. The number of aryl methyl sites for hydroxylation is 1. The highest BCUT2D eigenvalue weighted by Gasteiger charge is 2.16. The number of hydrazine groups is 1. The summed E-state index contributed by atoms with van der Waals surface area (Å²) in [6.45, 7) is 3.79. The fourth-order valence-electron chi connectivity index (χ4n) is 1.92. The van der Waals surface area contributed by atoms with Crippen molar-refractivity contribution in [3.63, 3.8) is 0 Å². The van der Waals surface area contributed by atoms with Crippen molar-refractivity contribution >= 4 is 5.91 Å². The molecule has 0 unspecified atom stereocenters. The van der Waals surface area contributed by atoms with Gasteiger partial charge >= 0.3 is 0 Å². The van der Waals surface area contributed by atoms with Gasteiger partial charge in [0.2, 0.25) is 0 Å². The lowest BCUT2D eigenvalue weighted by molar-refractivity contribution is 0.0953. The number of carbonyl (C=O) groups excluding carboxylic acids is 1. The van der Waals surface area contributed by atoms with Crippen LogP contribution in [0.2, 0.25) is 0 Å². The molecule has 0 aliphatic carbocycles. The van der Waals surface area contributed by atoms with Crippen LogP contribution in [0.5, 0.6) is 5.75 Å². The van der Waals surface area contributed by atoms with Crippen molar-refractivity contribution in [2.75, 3.05) is 7.11 Å². The van der Waals surface area contributed by atoms with E-state index in [0.29, 0.717) is 17.0 Å². The van der Waals surface area contributed by atoms with Crippen LogP contribution in [0.1, 0.15) is 21.6 Å². The second-order valence-electron chi connectivity index (χ2n) is 4.20. The Morgan fingerprint density at radius 3 is 2.79 bits per heavy atom. The molecule has 100 valence electrons. The summed E-state index contributed by atoms with van der Waals surface area (Å²) in [5, 5.41) is 4.22. The molecule has 0 spiro atoms. The Balaban J connectivity index is 2.57. The van der Waals surface area contributed by atoms with Crippen LogP contribution in [-0.2, 0) is 0 Å². The van der Waals surface area contributed by atoms with Crippen LogP contribution in [0.4, 0.5) is 0 Å². The molecule has 2 rings (SSSR count). The predicted octanol–water partition coefficient (Wildman–Crippen LogP) is 1.10. The summed E-state index contributed by atoms with van der Waals surface area (Å²) >= 11 is 0. The second-order valence-corrected chi connectivity index (χ2v) is 4.20. The molecule has 0 bridgehead atoms. The van der Waals surface area contributed by atoms with Crippen LogP contribution in [-0.4, -0.2) is 22.8 Å². The smallest absolute Gasteiger partial charge is 0.268 e. The van der Waals surface area contributed by atoms with Crippen molar-refractivity contribution in [1.82, 2.24) is 15.2 Å². The van der Waals surface area contributed by atoms with Gasteiger partial charge in [0.15, 0.2) is 0 Å². The topological polar surface area (TPSA) is 82.2 Å². The minimum atomic E-state index is -0.365. The molecule has 0 saturated carbocycles. The Morgan fingerprint density at radius 1 is 1.42 bits per heavy atom. The summed E-state index contributed by atoms with van der Waals surface area (Å²) in [6, 6.07) is 5.77. The summed E-state index contributed by atoms with van der Waals surface area (Å²) in [7, 11) is 1.60. The third kappa shape index (κ3) is 2.30. The van der Waals surface area contributed by atoms with E-state index in [-0.39, 0.29) is 5.91 Å². The number of aromatic nitrogens is 2. The Kier molecular flexibility index (Phi) is 3.52. The summed E-state index contributed by atoms with van der Waals surface area (Å²) in [4.78, 5) is 11.6. The largest absolute Gasteiger partial charge is 0.494 e. The fraction of sp³-hybridized carbons (Fsp3) is 0.231. The molecule has 1 aromatic carbocycles. The van der Waals surface area contributed by atoms with Gasteiger partial charge in [0.05, 0.1) is 24.6 Å². The van der Waals surface area contributed by atoms with Gasteiger partial charge in [-0.15, -0.1) is 0 Å². The van der Waals surface area contributed by atoms with E-state index in [1.807, 2.05) is 25.1 Å². The highest BCUT2D eigenvalue weighted by molar-refractivity contribution is 5.94. The summed E-state index contributed by atoms with van der Waals surface area (Å²) in [6.07, 6.45) is 1.49. The van der Waals surface area contributed by atoms with Crippen LogP contribution in [0, 0.1) is 13.8 Å². The van der Waals surface area contributed by atoms with Gasteiger partial charge in [0, 0.05) is 0 Å². The minimum Gasteiger partial charge on any atom is -0.494 e. The van der Waals surface area contributed by atoms with Crippen LogP contribution in [0.15, 0.2) is 24.4 Å². The minimum absolute atomic E-state index is 0.365. The van der Waals surface area contributed by atoms with E-state index in [1.54, 1.807) is 18.7 Å². The first kappa shape index (κ1) is 13.1. The summed E-state index contributed by atoms with van der Waals surface area (Å²) in [5.41, 5.74) is 5.11. The molecule has 0 aliphatic rings. The van der Waals surface area contributed by atoms with E-state index >= 15 is 0 Å². The molecule has 0 aliphatic heterocycles. The number of nitrogens with two attached hydrogens (primary N) is 1. The number of nitrogens with zero attached hydrogens (tertiary/aromatic N) is 2. The Hall–Kier alpha value is -2.34. The molecule has 1 amide bonds. The van der Waals surface area contributed by atoms with Crippen molar-refractivity contribution in [2.45, 2.75) is 13.8 Å². The number of methoxy groups -OCH3 is 1. The van der Waals surface area contributed by atoms with Gasteiger partial charge in [-0.25, -0.2) is 10.5 Å². The van der Waals surface area contributed by atoms with E-state index < -0.39 is 0 Å². The molecule has 0 radical (unpaired) electrons. The zero-order valence-electron chi connectivity index (χ0n) is 11.1. The van der Waals surface area contributed by atoms with Crippen LogP contribution < -0.4 is 16.0 Å².